The van der Waals surface area contributed by atoms with Crippen LogP contribution in [0.25, 0.3) is 11.3 Å². The van der Waals surface area contributed by atoms with E-state index in [1.165, 1.54) is 6.42 Å². The van der Waals surface area contributed by atoms with E-state index in [9.17, 15) is 0 Å². The lowest BCUT2D eigenvalue weighted by molar-refractivity contribution is 0.120. The zero-order chi connectivity index (χ0) is 12.5. The van der Waals surface area contributed by atoms with Crippen LogP contribution in [0.15, 0.2) is 28.8 Å². The van der Waals surface area contributed by atoms with Crippen LogP contribution in [-0.2, 0) is 0 Å². The average Bonchev–Trinajstić information content (AvgIpc) is 2.72. The molecule has 0 aliphatic heterocycles. The first-order chi connectivity index (χ1) is 8.72. The average molecular weight is 265 g/mol. The van der Waals surface area contributed by atoms with Crippen LogP contribution >= 0.6 is 11.6 Å². The Morgan fingerprint density at radius 3 is 2.72 bits per heavy atom. The molecule has 1 saturated carbocycles. The quantitative estimate of drug-likeness (QED) is 0.921. The van der Waals surface area contributed by atoms with Gasteiger partial charge in [-0.25, -0.2) is 0 Å². The molecule has 0 radical (unpaired) electrons. The van der Waals surface area contributed by atoms with Crippen LogP contribution in [0.3, 0.4) is 0 Å². The summed E-state index contributed by atoms with van der Waals surface area (Å²) in [5.74, 6) is 1.01. The van der Waals surface area contributed by atoms with Crippen molar-refractivity contribution in [1.29, 1.82) is 0 Å². The number of benzene rings is 1. The van der Waals surface area contributed by atoms with E-state index in [0.29, 0.717) is 16.8 Å². The van der Waals surface area contributed by atoms with E-state index in [2.05, 4.69) is 5.16 Å². The molecule has 0 unspecified atom stereocenters. The van der Waals surface area contributed by atoms with Crippen molar-refractivity contribution in [2.45, 2.75) is 25.4 Å². The minimum Gasteiger partial charge on any atom is -0.489 e. The Labute approximate surface area is 110 Å². The van der Waals surface area contributed by atoms with Gasteiger partial charge in [0.15, 0.2) is 0 Å². The summed E-state index contributed by atoms with van der Waals surface area (Å²) in [7, 11) is 0. The highest BCUT2D eigenvalue weighted by Crippen LogP contribution is 2.33. The Balaban J connectivity index is 1.83. The van der Waals surface area contributed by atoms with Crippen LogP contribution in [0.4, 0.5) is 5.88 Å². The second-order valence-electron chi connectivity index (χ2n) is 4.43. The van der Waals surface area contributed by atoms with Gasteiger partial charge < -0.3 is 15.0 Å². The van der Waals surface area contributed by atoms with Gasteiger partial charge in [-0.3, -0.25) is 0 Å². The van der Waals surface area contributed by atoms with Crippen LogP contribution in [0.5, 0.6) is 5.75 Å². The molecular weight excluding hydrogens is 252 g/mol. The Morgan fingerprint density at radius 1 is 1.33 bits per heavy atom. The molecule has 1 aliphatic carbocycles. The number of halogens is 1. The van der Waals surface area contributed by atoms with Gasteiger partial charge in [-0.1, -0.05) is 16.8 Å². The monoisotopic (exact) mass is 264 g/mol. The molecule has 18 heavy (non-hydrogen) atoms. The van der Waals surface area contributed by atoms with Crippen LogP contribution in [0.2, 0.25) is 5.02 Å². The summed E-state index contributed by atoms with van der Waals surface area (Å²) < 4.78 is 10.6. The van der Waals surface area contributed by atoms with E-state index < -0.39 is 0 Å². The van der Waals surface area contributed by atoms with E-state index in [1.807, 2.05) is 18.2 Å². The molecule has 1 aromatic heterocycles. The second kappa shape index (κ2) is 4.53. The molecular formula is C13H13ClN2O2. The number of nitrogens with zero attached hydrogens (tertiary/aromatic N) is 1. The molecule has 5 heteroatoms. The topological polar surface area (TPSA) is 61.3 Å². The molecule has 2 aromatic rings. The Morgan fingerprint density at radius 2 is 2.17 bits per heavy atom. The van der Waals surface area contributed by atoms with E-state index in [-0.39, 0.29) is 5.88 Å². The molecule has 0 bridgehead atoms. The predicted molar refractivity (Wildman–Crippen MR) is 69.6 cm³/mol. The largest absolute Gasteiger partial charge is 0.489 e. The van der Waals surface area contributed by atoms with Gasteiger partial charge in [0.1, 0.15) is 11.4 Å². The molecule has 2 N–H and O–H groups in total. The summed E-state index contributed by atoms with van der Waals surface area (Å²) in [6.45, 7) is 0. The van der Waals surface area contributed by atoms with Gasteiger partial charge in [0.05, 0.1) is 11.1 Å². The van der Waals surface area contributed by atoms with Gasteiger partial charge in [0.2, 0.25) is 5.88 Å². The second-order valence-corrected chi connectivity index (χ2v) is 4.84. The first kappa shape index (κ1) is 11.4. The zero-order valence-electron chi connectivity index (χ0n) is 9.73. The molecule has 1 heterocycles. The molecule has 1 fully saturated rings. The lowest BCUT2D eigenvalue weighted by Crippen LogP contribution is -2.24. The first-order valence-electron chi connectivity index (χ1n) is 5.91. The summed E-state index contributed by atoms with van der Waals surface area (Å²) in [5.41, 5.74) is 7.02. The van der Waals surface area contributed by atoms with Gasteiger partial charge in [0.25, 0.3) is 0 Å². The molecule has 1 aliphatic rings. The normalized spacial score (nSPS) is 15.4. The van der Waals surface area contributed by atoms with Gasteiger partial charge in [-0.05, 0) is 37.5 Å². The number of anilines is 1. The fourth-order valence-corrected chi connectivity index (χ4v) is 2.07. The van der Waals surface area contributed by atoms with E-state index in [1.54, 1.807) is 6.07 Å². The Bertz CT molecular complexity index is 564. The maximum absolute atomic E-state index is 6.20. The highest BCUT2D eigenvalue weighted by atomic mass is 35.5. The minimum absolute atomic E-state index is 0.288. The van der Waals surface area contributed by atoms with E-state index in [4.69, 9.17) is 26.6 Å². The zero-order valence-corrected chi connectivity index (χ0v) is 10.5. The third kappa shape index (κ3) is 2.16. The van der Waals surface area contributed by atoms with Crippen LogP contribution in [0, 0.1) is 0 Å². The number of hydrogen-bond acceptors (Lipinski definition) is 4. The maximum Gasteiger partial charge on any atom is 0.222 e. The number of nitrogen functional groups attached to an aromatic ring is 1. The van der Waals surface area contributed by atoms with Crippen molar-refractivity contribution in [3.8, 4) is 17.0 Å². The standard InChI is InChI=1S/C13H13ClN2O2/c14-10-6-8(11-7-13(15)18-16-11)4-5-12(10)17-9-2-1-3-9/h4-7,9H,1-3,15H2. The van der Waals surface area contributed by atoms with Crippen LogP contribution in [0.1, 0.15) is 19.3 Å². The minimum atomic E-state index is 0.288. The fraction of sp³-hybridized carbons (Fsp3) is 0.308. The summed E-state index contributed by atoms with van der Waals surface area (Å²) in [6.07, 6.45) is 3.77. The van der Waals surface area contributed by atoms with Gasteiger partial charge >= 0.3 is 0 Å². The number of nitrogens with two attached hydrogens (primary N) is 1. The lowest BCUT2D eigenvalue weighted by Gasteiger charge is -2.26. The summed E-state index contributed by atoms with van der Waals surface area (Å²) in [5, 5.41) is 4.43. The number of rotatable bonds is 3. The van der Waals surface area contributed by atoms with Gasteiger partial charge in [0, 0.05) is 11.6 Å². The van der Waals surface area contributed by atoms with Crippen molar-refractivity contribution in [2.24, 2.45) is 0 Å². The summed E-state index contributed by atoms with van der Waals surface area (Å²) in [6, 6.07) is 7.24. The molecule has 4 nitrogen and oxygen atoms in total. The molecule has 1 aromatic carbocycles. The Kier molecular flexibility index (Phi) is 2.88. The summed E-state index contributed by atoms with van der Waals surface area (Å²) >= 11 is 6.20. The predicted octanol–water partition coefficient (Wildman–Crippen LogP) is 3.51. The van der Waals surface area contributed by atoms with Crippen molar-refractivity contribution in [2.75, 3.05) is 5.73 Å². The number of ether oxygens (including phenoxy) is 1. The molecule has 0 atom stereocenters. The van der Waals surface area contributed by atoms with Crippen molar-refractivity contribution in [3.63, 3.8) is 0 Å². The fourth-order valence-electron chi connectivity index (χ4n) is 1.85. The third-order valence-corrected chi connectivity index (χ3v) is 3.40. The smallest absolute Gasteiger partial charge is 0.222 e. The van der Waals surface area contributed by atoms with E-state index in [0.717, 1.165) is 24.2 Å². The molecule has 3 rings (SSSR count). The number of aromatic nitrogens is 1. The Hall–Kier alpha value is -1.68. The van der Waals surface area contributed by atoms with E-state index >= 15 is 0 Å². The molecule has 94 valence electrons. The maximum atomic E-state index is 6.20. The van der Waals surface area contributed by atoms with Crippen molar-refractivity contribution >= 4 is 17.5 Å². The van der Waals surface area contributed by atoms with Gasteiger partial charge in [-0.2, -0.15) is 0 Å². The van der Waals surface area contributed by atoms with Crippen molar-refractivity contribution in [3.05, 3.63) is 29.3 Å². The van der Waals surface area contributed by atoms with Gasteiger partial charge in [-0.15, -0.1) is 0 Å². The highest BCUT2D eigenvalue weighted by Gasteiger charge is 2.20. The third-order valence-electron chi connectivity index (χ3n) is 3.10. The highest BCUT2D eigenvalue weighted by molar-refractivity contribution is 6.32. The molecule has 0 spiro atoms. The first-order valence-corrected chi connectivity index (χ1v) is 6.29. The van der Waals surface area contributed by atoms with Crippen molar-refractivity contribution in [1.82, 2.24) is 5.16 Å². The molecule has 0 saturated heterocycles. The summed E-state index contributed by atoms with van der Waals surface area (Å²) in [4.78, 5) is 0. The van der Waals surface area contributed by atoms with Crippen LogP contribution < -0.4 is 10.5 Å². The number of hydrogen-bond donors (Lipinski definition) is 1. The van der Waals surface area contributed by atoms with Crippen LogP contribution in [-0.4, -0.2) is 11.3 Å². The SMILES string of the molecule is Nc1cc(-c2ccc(OC3CCC3)c(Cl)c2)no1. The lowest BCUT2D eigenvalue weighted by atomic mass is 9.96. The van der Waals surface area contributed by atoms with Crippen molar-refractivity contribution < 1.29 is 9.26 Å². The molecule has 0 amide bonds.